The first kappa shape index (κ1) is 25.0. The monoisotopic (exact) mass is 504 g/mol. The first-order chi connectivity index (χ1) is 16.8. The summed E-state index contributed by atoms with van der Waals surface area (Å²) in [6.07, 6.45) is -2.38. The number of aromatic nitrogens is 2. The molecule has 4 heterocycles. The molecule has 4 aliphatic rings. The summed E-state index contributed by atoms with van der Waals surface area (Å²) < 4.78 is 17.3. The molecule has 3 aliphatic heterocycles. The molecule has 2 bridgehead atoms. The topological polar surface area (TPSA) is 143 Å². The molecule has 7 atom stereocenters. The first-order valence-electron chi connectivity index (χ1n) is 12.2. The fourth-order valence-electron chi connectivity index (χ4n) is 6.66. The Hall–Kier alpha value is -2.63. The molecule has 1 aromatic heterocycles. The van der Waals surface area contributed by atoms with Gasteiger partial charge in [-0.1, -0.05) is 13.8 Å². The number of rotatable bonds is 3. The van der Waals surface area contributed by atoms with Crippen molar-refractivity contribution in [3.8, 4) is 0 Å². The van der Waals surface area contributed by atoms with Gasteiger partial charge in [-0.25, -0.2) is 9.59 Å². The number of hydrogen-bond donors (Lipinski definition) is 1. The lowest BCUT2D eigenvalue weighted by atomic mass is 9.52. The van der Waals surface area contributed by atoms with Gasteiger partial charge in [-0.15, -0.1) is 0 Å². The molecule has 1 saturated carbocycles. The second-order valence-electron chi connectivity index (χ2n) is 11.1. The summed E-state index contributed by atoms with van der Waals surface area (Å²) in [6.45, 7) is 10.8. The Morgan fingerprint density at radius 2 is 1.75 bits per heavy atom. The third kappa shape index (κ3) is 3.05. The summed E-state index contributed by atoms with van der Waals surface area (Å²) in [5, 5.41) is 11.8. The van der Waals surface area contributed by atoms with Crippen LogP contribution in [-0.2, 0) is 45.0 Å². The summed E-state index contributed by atoms with van der Waals surface area (Å²) in [5.41, 5.74) is -3.82. The molecule has 0 radical (unpaired) electrons. The highest BCUT2D eigenvalue weighted by Crippen LogP contribution is 2.69. The predicted molar refractivity (Wildman–Crippen MR) is 120 cm³/mol. The predicted octanol–water partition coefficient (Wildman–Crippen LogP) is 1.70. The van der Waals surface area contributed by atoms with Crippen LogP contribution in [0.1, 0.15) is 69.2 Å². The molecule has 1 N–H and O–H groups in total. The Labute approximate surface area is 208 Å². The molecule has 1 aliphatic carbocycles. The number of ether oxygens (including phenoxy) is 3. The largest absolute Gasteiger partial charge is 0.460 e. The maximum Gasteiger partial charge on any atom is 0.371 e. The molecule has 6 unspecified atom stereocenters. The summed E-state index contributed by atoms with van der Waals surface area (Å²) in [7, 11) is 0. The van der Waals surface area contributed by atoms with E-state index in [2.05, 4.69) is 9.97 Å². The van der Waals surface area contributed by atoms with Gasteiger partial charge >= 0.3 is 17.9 Å². The molecule has 0 spiro atoms. The van der Waals surface area contributed by atoms with Crippen LogP contribution in [0.5, 0.6) is 0 Å². The number of cyclic esters (lactones) is 1. The van der Waals surface area contributed by atoms with Crippen LogP contribution >= 0.6 is 0 Å². The number of aryl methyl sites for hydroxylation is 3. The van der Waals surface area contributed by atoms with Gasteiger partial charge < -0.3 is 19.3 Å². The number of aliphatic hydroxyl groups is 1. The third-order valence-corrected chi connectivity index (χ3v) is 9.13. The Bertz CT molecular complexity index is 1160. The second kappa shape index (κ2) is 7.93. The smallest absolute Gasteiger partial charge is 0.371 e. The van der Waals surface area contributed by atoms with E-state index >= 15 is 0 Å². The minimum absolute atomic E-state index is 0.0267. The van der Waals surface area contributed by atoms with Crippen molar-refractivity contribution in [3.05, 3.63) is 22.8 Å². The lowest BCUT2D eigenvalue weighted by Gasteiger charge is -2.54. The maximum absolute atomic E-state index is 13.7. The van der Waals surface area contributed by atoms with Gasteiger partial charge in [-0.2, -0.15) is 4.89 Å². The van der Waals surface area contributed by atoms with E-state index in [0.29, 0.717) is 24.2 Å². The van der Waals surface area contributed by atoms with Crippen LogP contribution in [0.2, 0.25) is 0 Å². The van der Waals surface area contributed by atoms with Crippen LogP contribution in [0.15, 0.2) is 0 Å². The Morgan fingerprint density at radius 1 is 1.06 bits per heavy atom. The van der Waals surface area contributed by atoms with Crippen molar-refractivity contribution in [1.29, 1.82) is 0 Å². The highest BCUT2D eigenvalue weighted by Gasteiger charge is 2.86. The molecule has 11 nitrogen and oxygen atoms in total. The normalized spacial score (nSPS) is 41.9. The van der Waals surface area contributed by atoms with Gasteiger partial charge in [0.05, 0.1) is 41.9 Å². The number of carbonyl (C=O) groups excluding carboxylic acids is 3. The van der Waals surface area contributed by atoms with E-state index in [1.165, 1.54) is 0 Å². The van der Waals surface area contributed by atoms with Gasteiger partial charge in [0.1, 0.15) is 6.10 Å². The van der Waals surface area contributed by atoms with Crippen molar-refractivity contribution in [2.45, 2.75) is 103 Å². The number of fused-ring (bicyclic) bond motifs is 1. The zero-order chi connectivity index (χ0) is 26.3. The first-order valence-corrected chi connectivity index (χ1v) is 12.2. The standard InChI is InChI=1S/C25H32N2O9/c1-12-7-8-22(5)19(32-11-16-15(4)26-13(2)14(3)27-16)20(29)35-36-25(21(30)33-12)23(22,6)9-17-24(25,31)10-18(28)34-17/h12,17,19,31H,7-11H2,1-6H3/t12?,17?,19?,22?,23?,24-,25?/m1/s1. The van der Waals surface area contributed by atoms with Crippen molar-refractivity contribution < 1.29 is 43.5 Å². The van der Waals surface area contributed by atoms with Gasteiger partial charge in [-0.3, -0.25) is 19.7 Å². The minimum Gasteiger partial charge on any atom is -0.460 e. The van der Waals surface area contributed by atoms with Gasteiger partial charge in [0.15, 0.2) is 11.7 Å². The highest BCUT2D eigenvalue weighted by molar-refractivity contribution is 5.89. The van der Waals surface area contributed by atoms with Crippen LogP contribution < -0.4 is 0 Å². The molecule has 4 fully saturated rings. The van der Waals surface area contributed by atoms with Crippen molar-refractivity contribution in [2.75, 3.05) is 0 Å². The van der Waals surface area contributed by atoms with E-state index in [1.54, 1.807) is 13.8 Å². The fourth-order valence-corrected chi connectivity index (χ4v) is 6.66. The average Bonchev–Trinajstić information content (AvgIpc) is 3.14. The van der Waals surface area contributed by atoms with Gasteiger partial charge in [-0.05, 0) is 47.0 Å². The number of esters is 2. The van der Waals surface area contributed by atoms with Crippen LogP contribution in [0.4, 0.5) is 0 Å². The van der Waals surface area contributed by atoms with E-state index < -0.39 is 64.7 Å². The van der Waals surface area contributed by atoms with Crippen molar-refractivity contribution in [3.63, 3.8) is 0 Å². The van der Waals surface area contributed by atoms with E-state index in [0.717, 1.165) is 11.4 Å². The molecule has 11 heteroatoms. The zero-order valence-electron chi connectivity index (χ0n) is 21.4. The van der Waals surface area contributed by atoms with Crippen molar-refractivity contribution in [1.82, 2.24) is 9.97 Å². The van der Waals surface area contributed by atoms with Crippen LogP contribution in [-0.4, -0.2) is 62.5 Å². The minimum atomic E-state index is -2.19. The number of hydrogen-bond acceptors (Lipinski definition) is 11. The highest BCUT2D eigenvalue weighted by atomic mass is 17.2. The molecular weight excluding hydrogens is 472 g/mol. The van der Waals surface area contributed by atoms with Crippen molar-refractivity contribution in [2.24, 2.45) is 10.8 Å². The Balaban J connectivity index is 1.62. The van der Waals surface area contributed by atoms with Crippen LogP contribution in [0.3, 0.4) is 0 Å². The molecule has 0 aromatic carbocycles. The number of carbonyl (C=O) groups is 3. The molecule has 3 saturated heterocycles. The maximum atomic E-state index is 13.7. The van der Waals surface area contributed by atoms with Crippen LogP contribution in [0, 0.1) is 31.6 Å². The number of nitrogens with zero attached hydrogens (tertiary/aromatic N) is 2. The van der Waals surface area contributed by atoms with Crippen LogP contribution in [0.25, 0.3) is 0 Å². The molecule has 5 rings (SSSR count). The molecule has 1 aromatic rings. The average molecular weight is 505 g/mol. The third-order valence-electron chi connectivity index (χ3n) is 9.13. The lowest BCUT2D eigenvalue weighted by molar-refractivity contribution is -0.374. The summed E-state index contributed by atoms with van der Waals surface area (Å²) in [4.78, 5) is 59.3. The van der Waals surface area contributed by atoms with E-state index in [4.69, 9.17) is 24.0 Å². The van der Waals surface area contributed by atoms with Gasteiger partial charge in [0, 0.05) is 10.8 Å². The Kier molecular flexibility index (Phi) is 5.52. The summed E-state index contributed by atoms with van der Waals surface area (Å²) in [6, 6.07) is 0. The molecule has 0 amide bonds. The fraction of sp³-hybridized carbons (Fsp3) is 0.720. The molecular formula is C25H32N2O9. The van der Waals surface area contributed by atoms with Gasteiger partial charge in [0.25, 0.3) is 0 Å². The molecule has 196 valence electrons. The van der Waals surface area contributed by atoms with Crippen molar-refractivity contribution >= 4 is 17.9 Å². The molecule has 36 heavy (non-hydrogen) atoms. The Morgan fingerprint density at radius 3 is 2.47 bits per heavy atom. The summed E-state index contributed by atoms with van der Waals surface area (Å²) >= 11 is 0. The second-order valence-corrected chi connectivity index (χ2v) is 11.1. The van der Waals surface area contributed by atoms with E-state index in [1.807, 2.05) is 27.7 Å². The summed E-state index contributed by atoms with van der Waals surface area (Å²) in [5.74, 6) is -2.40. The lowest BCUT2D eigenvalue weighted by Crippen LogP contribution is -2.70. The van der Waals surface area contributed by atoms with Gasteiger partial charge in [0.2, 0.25) is 5.60 Å². The van der Waals surface area contributed by atoms with E-state index in [-0.39, 0.29) is 13.0 Å². The quantitative estimate of drug-likeness (QED) is 0.474. The SMILES string of the molecule is Cc1nc(C)c(COC2C(=O)OOC34C(=O)OC(C)CCC2(C)C3(C)CC2OC(=O)C[C@@]24O)nc1C. The zero-order valence-corrected chi connectivity index (χ0v) is 21.4. The van der Waals surface area contributed by atoms with E-state index in [9.17, 15) is 19.5 Å².